The molecule has 2 heterocycles. The minimum atomic E-state index is -0.157. The maximum atomic E-state index is 13.3. The lowest BCUT2D eigenvalue weighted by atomic mass is 10.0. The second-order valence-corrected chi connectivity index (χ2v) is 8.30. The third-order valence-electron chi connectivity index (χ3n) is 6.08. The number of hydrogen-bond acceptors (Lipinski definition) is 5. The summed E-state index contributed by atoms with van der Waals surface area (Å²) in [5, 5.41) is 3.12. The van der Waals surface area contributed by atoms with Crippen LogP contribution in [-0.2, 0) is 0 Å². The van der Waals surface area contributed by atoms with Gasteiger partial charge in [0, 0.05) is 24.3 Å². The van der Waals surface area contributed by atoms with Gasteiger partial charge in [0.25, 0.3) is 5.91 Å². The molecule has 0 radical (unpaired) electrons. The van der Waals surface area contributed by atoms with Crippen LogP contribution in [0.15, 0.2) is 60.8 Å². The number of nitrogens with one attached hydrogen (secondary N) is 1. The Hall–Kier alpha value is -3.41. The van der Waals surface area contributed by atoms with E-state index in [1.807, 2.05) is 61.5 Å². The van der Waals surface area contributed by atoms with Crippen LogP contribution in [0.1, 0.15) is 55.1 Å². The van der Waals surface area contributed by atoms with Crippen molar-refractivity contribution in [1.82, 2.24) is 15.3 Å². The second-order valence-electron chi connectivity index (χ2n) is 8.30. The average molecular weight is 431 g/mol. The molecule has 32 heavy (non-hydrogen) atoms. The fourth-order valence-corrected chi connectivity index (χ4v) is 4.14. The third kappa shape index (κ3) is 4.74. The monoisotopic (exact) mass is 430 g/mol. The van der Waals surface area contributed by atoms with Crippen molar-refractivity contribution in [3.63, 3.8) is 0 Å². The van der Waals surface area contributed by atoms with Crippen LogP contribution in [0.25, 0.3) is 11.4 Å². The molecule has 3 aromatic rings. The summed E-state index contributed by atoms with van der Waals surface area (Å²) in [5.74, 6) is 1.93. The number of carbonyl (C=O) groups excluding carboxylic acids is 1. The van der Waals surface area contributed by atoms with Crippen molar-refractivity contribution < 1.29 is 9.53 Å². The van der Waals surface area contributed by atoms with Gasteiger partial charge in [0.15, 0.2) is 5.82 Å². The highest BCUT2D eigenvalue weighted by atomic mass is 16.5. The van der Waals surface area contributed by atoms with Crippen LogP contribution in [0, 0.1) is 0 Å². The summed E-state index contributed by atoms with van der Waals surface area (Å²) in [6, 6.07) is 17.8. The molecule has 2 unspecified atom stereocenters. The molecule has 1 aliphatic heterocycles. The number of carbonyl (C=O) groups is 1. The summed E-state index contributed by atoms with van der Waals surface area (Å²) in [4.78, 5) is 25.0. The lowest BCUT2D eigenvalue weighted by Gasteiger charge is -2.35. The molecule has 4 rings (SSSR count). The minimum Gasteiger partial charge on any atom is -0.497 e. The van der Waals surface area contributed by atoms with E-state index in [0.29, 0.717) is 23.2 Å². The van der Waals surface area contributed by atoms with Crippen LogP contribution >= 0.6 is 0 Å². The minimum absolute atomic E-state index is 0.114. The van der Waals surface area contributed by atoms with Gasteiger partial charge in [-0.1, -0.05) is 30.3 Å². The number of anilines is 1. The number of benzene rings is 2. The molecule has 1 saturated heterocycles. The van der Waals surface area contributed by atoms with E-state index in [0.717, 1.165) is 36.3 Å². The molecule has 1 fully saturated rings. The van der Waals surface area contributed by atoms with Crippen molar-refractivity contribution >= 4 is 11.7 Å². The predicted octanol–water partition coefficient (Wildman–Crippen LogP) is 5.02. The Labute approximate surface area is 189 Å². The molecule has 2 aromatic carbocycles. The highest BCUT2D eigenvalue weighted by molar-refractivity contribution is 5.99. The highest BCUT2D eigenvalue weighted by Gasteiger charge is 2.26. The van der Waals surface area contributed by atoms with E-state index in [9.17, 15) is 4.79 Å². The standard InChI is InChI=1S/C26H30N4O2/c1-18-9-7-8-16-30(18)25-23(26(31)28-19(2)20-10-5-4-6-11-20)17-27-24(29-25)21-12-14-22(32-3)15-13-21/h4-6,10-15,17-19H,7-9,16H2,1-3H3,(H,28,31). The van der Waals surface area contributed by atoms with E-state index in [-0.39, 0.29) is 11.9 Å². The lowest BCUT2D eigenvalue weighted by Crippen LogP contribution is -2.40. The summed E-state index contributed by atoms with van der Waals surface area (Å²) in [5.41, 5.74) is 2.46. The van der Waals surface area contributed by atoms with E-state index >= 15 is 0 Å². The molecule has 1 aromatic heterocycles. The average Bonchev–Trinajstić information content (AvgIpc) is 2.84. The fourth-order valence-electron chi connectivity index (χ4n) is 4.14. The van der Waals surface area contributed by atoms with Crippen LogP contribution < -0.4 is 15.0 Å². The SMILES string of the molecule is COc1ccc(-c2ncc(C(=O)NC(C)c3ccccc3)c(N3CCCCC3C)n2)cc1. The Morgan fingerprint density at radius 2 is 1.88 bits per heavy atom. The summed E-state index contributed by atoms with van der Waals surface area (Å²) in [6.07, 6.45) is 5.04. The van der Waals surface area contributed by atoms with Crippen molar-refractivity contribution in [1.29, 1.82) is 0 Å². The zero-order valence-corrected chi connectivity index (χ0v) is 18.9. The number of hydrogen-bond donors (Lipinski definition) is 1. The molecule has 1 N–H and O–H groups in total. The van der Waals surface area contributed by atoms with E-state index in [2.05, 4.69) is 22.1 Å². The van der Waals surface area contributed by atoms with Crippen molar-refractivity contribution in [3.8, 4) is 17.1 Å². The highest BCUT2D eigenvalue weighted by Crippen LogP contribution is 2.29. The van der Waals surface area contributed by atoms with E-state index in [1.54, 1.807) is 13.3 Å². The number of nitrogens with zero attached hydrogens (tertiary/aromatic N) is 3. The van der Waals surface area contributed by atoms with Crippen LogP contribution in [0.3, 0.4) is 0 Å². The van der Waals surface area contributed by atoms with Crippen LogP contribution in [0.2, 0.25) is 0 Å². The zero-order valence-electron chi connectivity index (χ0n) is 18.9. The maximum absolute atomic E-state index is 13.3. The van der Waals surface area contributed by atoms with Gasteiger partial charge in [-0.3, -0.25) is 4.79 Å². The van der Waals surface area contributed by atoms with Crippen LogP contribution in [-0.4, -0.2) is 35.6 Å². The molecular weight excluding hydrogens is 400 g/mol. The zero-order chi connectivity index (χ0) is 22.5. The van der Waals surface area contributed by atoms with Gasteiger partial charge in [-0.25, -0.2) is 9.97 Å². The van der Waals surface area contributed by atoms with E-state index in [4.69, 9.17) is 9.72 Å². The normalized spacial score (nSPS) is 17.0. The first-order chi connectivity index (χ1) is 15.6. The number of amides is 1. The Kier molecular flexibility index (Phi) is 6.69. The summed E-state index contributed by atoms with van der Waals surface area (Å²) >= 11 is 0. The van der Waals surface area contributed by atoms with Gasteiger partial charge in [-0.05, 0) is 62.9 Å². The largest absolute Gasteiger partial charge is 0.497 e. The molecule has 6 heteroatoms. The molecule has 0 bridgehead atoms. The fraction of sp³-hybridized carbons (Fsp3) is 0.346. The van der Waals surface area contributed by atoms with Crippen LogP contribution in [0.5, 0.6) is 5.75 Å². The quantitative estimate of drug-likeness (QED) is 0.595. The molecule has 2 atom stereocenters. The first kappa shape index (κ1) is 21.8. The van der Waals surface area contributed by atoms with Crippen molar-refractivity contribution in [3.05, 3.63) is 71.9 Å². The molecule has 0 spiro atoms. The second kappa shape index (κ2) is 9.81. The van der Waals surface area contributed by atoms with Crippen molar-refractivity contribution in [2.24, 2.45) is 0 Å². The van der Waals surface area contributed by atoms with Crippen molar-refractivity contribution in [2.75, 3.05) is 18.6 Å². The van der Waals surface area contributed by atoms with Gasteiger partial charge in [0.1, 0.15) is 17.1 Å². The summed E-state index contributed by atoms with van der Waals surface area (Å²) in [7, 11) is 1.64. The van der Waals surface area contributed by atoms with Gasteiger partial charge < -0.3 is 15.0 Å². The molecule has 6 nitrogen and oxygen atoms in total. The maximum Gasteiger partial charge on any atom is 0.257 e. The van der Waals surface area contributed by atoms with E-state index in [1.165, 1.54) is 6.42 Å². The van der Waals surface area contributed by atoms with Crippen molar-refractivity contribution in [2.45, 2.75) is 45.2 Å². The number of aromatic nitrogens is 2. The Bertz CT molecular complexity index is 1050. The third-order valence-corrected chi connectivity index (χ3v) is 6.08. The van der Waals surface area contributed by atoms with Gasteiger partial charge in [0.05, 0.1) is 13.2 Å². The van der Waals surface area contributed by atoms with Gasteiger partial charge in [-0.15, -0.1) is 0 Å². The van der Waals surface area contributed by atoms with Crippen LogP contribution in [0.4, 0.5) is 5.82 Å². The Balaban J connectivity index is 1.67. The summed E-state index contributed by atoms with van der Waals surface area (Å²) < 4.78 is 5.26. The number of ether oxygens (including phenoxy) is 1. The van der Waals surface area contributed by atoms with Gasteiger partial charge in [-0.2, -0.15) is 0 Å². The molecule has 1 aliphatic rings. The van der Waals surface area contributed by atoms with E-state index < -0.39 is 0 Å². The number of rotatable bonds is 6. The lowest BCUT2D eigenvalue weighted by molar-refractivity contribution is 0.0939. The summed E-state index contributed by atoms with van der Waals surface area (Å²) in [6.45, 7) is 5.07. The Morgan fingerprint density at radius 3 is 2.56 bits per heavy atom. The molecule has 0 aliphatic carbocycles. The molecule has 0 saturated carbocycles. The number of piperidine rings is 1. The number of methoxy groups -OCH3 is 1. The topological polar surface area (TPSA) is 67.3 Å². The molecular formula is C26H30N4O2. The molecule has 1 amide bonds. The Morgan fingerprint density at radius 1 is 1.12 bits per heavy atom. The smallest absolute Gasteiger partial charge is 0.257 e. The first-order valence-electron chi connectivity index (χ1n) is 11.2. The molecule has 166 valence electrons. The van der Waals surface area contributed by atoms with Gasteiger partial charge in [0.2, 0.25) is 0 Å². The first-order valence-corrected chi connectivity index (χ1v) is 11.2. The predicted molar refractivity (Wildman–Crippen MR) is 127 cm³/mol. The van der Waals surface area contributed by atoms with Gasteiger partial charge >= 0.3 is 0 Å².